The number of allylic oxidation sites excluding steroid dienone is 1. The second kappa shape index (κ2) is 9.87. The van der Waals surface area contributed by atoms with E-state index in [0.717, 1.165) is 18.4 Å². The molecular formula is C31H42O2. The van der Waals surface area contributed by atoms with Crippen LogP contribution in [0, 0.1) is 5.92 Å². The Hall–Kier alpha value is -2.35. The van der Waals surface area contributed by atoms with Crippen molar-refractivity contribution in [1.82, 2.24) is 0 Å². The van der Waals surface area contributed by atoms with Crippen LogP contribution in [0.4, 0.5) is 0 Å². The molecule has 1 aliphatic carbocycles. The van der Waals surface area contributed by atoms with E-state index < -0.39 is 0 Å². The molecule has 0 bridgehead atoms. The number of carbonyl (C=O) groups excluding carboxylic acids is 1. The minimum absolute atomic E-state index is 0.191. The van der Waals surface area contributed by atoms with E-state index in [1.54, 1.807) is 0 Å². The van der Waals surface area contributed by atoms with Crippen molar-refractivity contribution >= 4 is 17.6 Å². The van der Waals surface area contributed by atoms with Crippen LogP contribution in [0.2, 0.25) is 0 Å². The normalized spacial score (nSPS) is 17.1. The van der Waals surface area contributed by atoms with Gasteiger partial charge in [0.15, 0.2) is 0 Å². The molecule has 178 valence electrons. The molecule has 0 aliphatic heterocycles. The molecule has 2 heteroatoms. The molecule has 0 unspecified atom stereocenters. The van der Waals surface area contributed by atoms with E-state index in [0.29, 0.717) is 18.1 Å². The Kier molecular flexibility index (Phi) is 7.56. The molecule has 2 aromatic carbocycles. The molecule has 3 rings (SSSR count). The SMILES string of the molecule is CCOC(=O)c1ccc(C=C(CC)c2cc3c(cc2CC(C)C)C(C)(C)CCC3(C)C)cc1. The van der Waals surface area contributed by atoms with Crippen molar-refractivity contribution in [2.75, 3.05) is 6.61 Å². The fourth-order valence-electron chi connectivity index (χ4n) is 5.07. The van der Waals surface area contributed by atoms with Crippen molar-refractivity contribution in [3.63, 3.8) is 0 Å². The predicted octanol–water partition coefficient (Wildman–Crippen LogP) is 8.36. The highest BCUT2D eigenvalue weighted by Gasteiger charge is 2.37. The summed E-state index contributed by atoms with van der Waals surface area (Å²) < 4.78 is 5.13. The number of carbonyl (C=O) groups is 1. The van der Waals surface area contributed by atoms with Gasteiger partial charge < -0.3 is 4.74 Å². The maximum atomic E-state index is 12.0. The van der Waals surface area contributed by atoms with Crippen molar-refractivity contribution < 1.29 is 9.53 Å². The lowest BCUT2D eigenvalue weighted by atomic mass is 9.62. The lowest BCUT2D eigenvalue weighted by Crippen LogP contribution is -2.34. The smallest absolute Gasteiger partial charge is 0.338 e. The quantitative estimate of drug-likeness (QED) is 0.315. The van der Waals surface area contributed by atoms with Crippen LogP contribution >= 0.6 is 0 Å². The Morgan fingerprint density at radius 2 is 1.55 bits per heavy atom. The number of hydrogen-bond donors (Lipinski definition) is 0. The van der Waals surface area contributed by atoms with Gasteiger partial charge in [0, 0.05) is 0 Å². The molecule has 0 amide bonds. The molecule has 0 saturated carbocycles. The van der Waals surface area contributed by atoms with Gasteiger partial charge in [-0.3, -0.25) is 0 Å². The maximum Gasteiger partial charge on any atom is 0.338 e. The first-order valence-corrected chi connectivity index (χ1v) is 12.6. The second-order valence-corrected chi connectivity index (χ2v) is 11.3. The third kappa shape index (κ3) is 5.60. The molecule has 0 fully saturated rings. The van der Waals surface area contributed by atoms with Crippen LogP contribution in [-0.4, -0.2) is 12.6 Å². The van der Waals surface area contributed by atoms with Crippen LogP contribution < -0.4 is 0 Å². The van der Waals surface area contributed by atoms with Gasteiger partial charge >= 0.3 is 5.97 Å². The Bertz CT molecular complexity index is 1020. The number of ether oxygens (including phenoxy) is 1. The minimum Gasteiger partial charge on any atom is -0.462 e. The van der Waals surface area contributed by atoms with Crippen molar-refractivity contribution in [1.29, 1.82) is 0 Å². The maximum absolute atomic E-state index is 12.0. The first-order valence-electron chi connectivity index (χ1n) is 12.6. The van der Waals surface area contributed by atoms with Gasteiger partial charge in [-0.1, -0.05) is 78.8 Å². The summed E-state index contributed by atoms with van der Waals surface area (Å²) in [5.41, 5.74) is 9.39. The summed E-state index contributed by atoms with van der Waals surface area (Å²) >= 11 is 0. The van der Waals surface area contributed by atoms with Crippen molar-refractivity contribution in [2.24, 2.45) is 5.92 Å². The standard InChI is InChI=1S/C31H42O2/c1-9-23(18-22-11-13-24(14-12-22)29(32)33-10-2)26-20-28-27(19-25(26)17-21(3)4)30(5,6)15-16-31(28,7)8/h11-14,18-21H,9-10,15-17H2,1-8H3. The number of esters is 1. The van der Waals surface area contributed by atoms with Gasteiger partial charge in [0.2, 0.25) is 0 Å². The summed E-state index contributed by atoms with van der Waals surface area (Å²) in [7, 11) is 0. The van der Waals surface area contributed by atoms with Crippen LogP contribution in [0.15, 0.2) is 36.4 Å². The van der Waals surface area contributed by atoms with E-state index in [4.69, 9.17) is 4.74 Å². The first-order chi connectivity index (χ1) is 15.5. The monoisotopic (exact) mass is 446 g/mol. The van der Waals surface area contributed by atoms with E-state index in [1.165, 1.54) is 40.7 Å². The Morgan fingerprint density at radius 3 is 2.06 bits per heavy atom. The molecule has 0 radical (unpaired) electrons. The van der Waals surface area contributed by atoms with E-state index >= 15 is 0 Å². The highest BCUT2D eigenvalue weighted by Crippen LogP contribution is 2.47. The summed E-state index contributed by atoms with van der Waals surface area (Å²) in [6.45, 7) is 18.7. The van der Waals surface area contributed by atoms with Gasteiger partial charge in [-0.15, -0.1) is 0 Å². The van der Waals surface area contributed by atoms with Crippen LogP contribution in [0.25, 0.3) is 11.6 Å². The van der Waals surface area contributed by atoms with E-state index in [1.807, 2.05) is 31.2 Å². The molecule has 0 atom stereocenters. The van der Waals surface area contributed by atoms with Gasteiger partial charge in [-0.25, -0.2) is 4.79 Å². The molecule has 0 heterocycles. The molecule has 0 N–H and O–H groups in total. The number of fused-ring (bicyclic) bond motifs is 1. The summed E-state index contributed by atoms with van der Waals surface area (Å²) in [6.07, 6.45) is 6.79. The van der Waals surface area contributed by atoms with E-state index in [9.17, 15) is 4.79 Å². The van der Waals surface area contributed by atoms with Gasteiger partial charge in [-0.2, -0.15) is 0 Å². The molecular weight excluding hydrogens is 404 g/mol. The van der Waals surface area contributed by atoms with Crippen LogP contribution in [0.1, 0.15) is 113 Å². The topological polar surface area (TPSA) is 26.3 Å². The van der Waals surface area contributed by atoms with Crippen LogP contribution in [-0.2, 0) is 22.0 Å². The van der Waals surface area contributed by atoms with Crippen LogP contribution in [0.3, 0.4) is 0 Å². The fraction of sp³-hybridized carbons (Fsp3) is 0.516. The number of benzene rings is 2. The van der Waals surface area contributed by atoms with Gasteiger partial charge in [-0.05, 0) is 94.9 Å². The molecule has 2 aromatic rings. The predicted molar refractivity (Wildman–Crippen MR) is 141 cm³/mol. The third-order valence-corrected chi connectivity index (χ3v) is 7.19. The average Bonchev–Trinajstić information content (AvgIpc) is 2.75. The molecule has 0 spiro atoms. The zero-order valence-electron chi connectivity index (χ0n) is 22.0. The van der Waals surface area contributed by atoms with Gasteiger partial charge in [0.25, 0.3) is 0 Å². The summed E-state index contributed by atoms with van der Waals surface area (Å²) in [5, 5.41) is 0. The van der Waals surface area contributed by atoms with E-state index in [-0.39, 0.29) is 16.8 Å². The molecule has 0 saturated heterocycles. The molecule has 33 heavy (non-hydrogen) atoms. The molecule has 1 aliphatic rings. The van der Waals surface area contributed by atoms with Crippen molar-refractivity contribution in [3.05, 3.63) is 69.8 Å². The average molecular weight is 447 g/mol. The highest BCUT2D eigenvalue weighted by atomic mass is 16.5. The Labute approximate surface area is 201 Å². The van der Waals surface area contributed by atoms with Crippen molar-refractivity contribution in [2.45, 2.75) is 91.9 Å². The van der Waals surface area contributed by atoms with Gasteiger partial charge in [0.05, 0.1) is 12.2 Å². The van der Waals surface area contributed by atoms with Gasteiger partial charge in [0.1, 0.15) is 0 Å². The molecule has 0 aromatic heterocycles. The van der Waals surface area contributed by atoms with E-state index in [2.05, 4.69) is 66.7 Å². The summed E-state index contributed by atoms with van der Waals surface area (Å²) in [4.78, 5) is 12.0. The summed E-state index contributed by atoms with van der Waals surface area (Å²) in [6, 6.07) is 12.8. The Balaban J connectivity index is 2.11. The minimum atomic E-state index is -0.262. The highest BCUT2D eigenvalue weighted by molar-refractivity contribution is 5.90. The first kappa shape index (κ1) is 25.3. The number of rotatable bonds is 7. The third-order valence-electron chi connectivity index (χ3n) is 7.19. The zero-order valence-corrected chi connectivity index (χ0v) is 22.0. The second-order valence-electron chi connectivity index (χ2n) is 11.3. The fourth-order valence-corrected chi connectivity index (χ4v) is 5.07. The zero-order chi connectivity index (χ0) is 24.4. The van der Waals surface area contributed by atoms with Crippen molar-refractivity contribution in [3.8, 4) is 0 Å². The lowest BCUT2D eigenvalue weighted by molar-refractivity contribution is 0.0526. The summed E-state index contributed by atoms with van der Waals surface area (Å²) in [5.74, 6) is 0.339. The van der Waals surface area contributed by atoms with Crippen LogP contribution in [0.5, 0.6) is 0 Å². The largest absolute Gasteiger partial charge is 0.462 e. The molecule has 2 nitrogen and oxygen atoms in total. The lowest BCUT2D eigenvalue weighted by Gasteiger charge is -2.42. The number of hydrogen-bond acceptors (Lipinski definition) is 2. The Morgan fingerprint density at radius 1 is 0.970 bits per heavy atom.